The van der Waals surface area contributed by atoms with Crippen molar-refractivity contribution in [2.45, 2.75) is 0 Å². The van der Waals surface area contributed by atoms with Crippen LogP contribution in [-0.4, -0.2) is 28.4 Å². The van der Waals surface area contributed by atoms with Crippen molar-refractivity contribution in [1.82, 2.24) is 0 Å². The summed E-state index contributed by atoms with van der Waals surface area (Å²) in [4.78, 5) is 0. The van der Waals surface area contributed by atoms with Gasteiger partial charge in [0.15, 0.2) is 11.5 Å². The van der Waals surface area contributed by atoms with E-state index in [-0.39, 0.29) is 0 Å². The Morgan fingerprint density at radius 1 is 0.682 bits per heavy atom. The van der Waals surface area contributed by atoms with E-state index in [1.165, 1.54) is 0 Å². The molecule has 0 saturated carbocycles. The number of hydrogen-bond acceptors (Lipinski definition) is 4. The van der Waals surface area contributed by atoms with Gasteiger partial charge in [-0.15, -0.1) is 0 Å². The summed E-state index contributed by atoms with van der Waals surface area (Å²) in [6.45, 7) is 0. The lowest BCUT2D eigenvalue weighted by molar-refractivity contribution is 0.324. The van der Waals surface area contributed by atoms with Crippen LogP contribution in [0.15, 0.2) is 36.4 Å². The minimum atomic E-state index is 0.583. The van der Waals surface area contributed by atoms with E-state index >= 15 is 0 Å². The predicted octanol–water partition coefficient (Wildman–Crippen LogP) is 3.89. The molecule has 0 spiro atoms. The van der Waals surface area contributed by atoms with Gasteiger partial charge < -0.3 is 18.9 Å². The van der Waals surface area contributed by atoms with E-state index in [2.05, 4.69) is 0 Å². The zero-order valence-corrected chi connectivity index (χ0v) is 13.3. The third kappa shape index (κ3) is 3.34. The third-order valence-electron chi connectivity index (χ3n) is 3.28. The fourth-order valence-electron chi connectivity index (χ4n) is 2.19. The minimum Gasteiger partial charge on any atom is -0.496 e. The lowest BCUT2D eigenvalue weighted by Crippen LogP contribution is -1.95. The molecule has 0 aliphatic carbocycles. The number of methoxy groups -OCH3 is 4. The maximum Gasteiger partial charge on any atom is 0.203 e. The Hall–Kier alpha value is -2.62. The van der Waals surface area contributed by atoms with Crippen molar-refractivity contribution in [3.63, 3.8) is 0 Å². The summed E-state index contributed by atoms with van der Waals surface area (Å²) in [5, 5.41) is 0. The molecule has 0 saturated heterocycles. The smallest absolute Gasteiger partial charge is 0.203 e. The maximum atomic E-state index is 5.35. The fourth-order valence-corrected chi connectivity index (χ4v) is 2.19. The second kappa shape index (κ2) is 7.41. The number of para-hydroxylation sites is 1. The molecule has 116 valence electrons. The van der Waals surface area contributed by atoms with Gasteiger partial charge in [-0.1, -0.05) is 30.4 Å². The highest BCUT2D eigenvalue weighted by Crippen LogP contribution is 2.38. The van der Waals surface area contributed by atoms with Crippen LogP contribution in [0.5, 0.6) is 23.0 Å². The van der Waals surface area contributed by atoms with Crippen LogP contribution in [0.3, 0.4) is 0 Å². The highest BCUT2D eigenvalue weighted by atomic mass is 16.5. The van der Waals surface area contributed by atoms with Crippen molar-refractivity contribution in [2.24, 2.45) is 0 Å². The van der Waals surface area contributed by atoms with Crippen LogP contribution in [0, 0.1) is 0 Å². The first-order chi connectivity index (χ1) is 10.7. The molecule has 0 amide bonds. The van der Waals surface area contributed by atoms with Gasteiger partial charge in [-0.3, -0.25) is 0 Å². The van der Waals surface area contributed by atoms with Crippen LogP contribution in [0.2, 0.25) is 0 Å². The van der Waals surface area contributed by atoms with E-state index in [0.717, 1.165) is 16.9 Å². The number of hydrogen-bond donors (Lipinski definition) is 0. The molecule has 0 fully saturated rings. The summed E-state index contributed by atoms with van der Waals surface area (Å²) in [6.07, 6.45) is 3.96. The molecule has 22 heavy (non-hydrogen) atoms. The zero-order chi connectivity index (χ0) is 15.9. The monoisotopic (exact) mass is 300 g/mol. The molecule has 0 heterocycles. The average Bonchev–Trinajstić information content (AvgIpc) is 2.58. The van der Waals surface area contributed by atoms with Gasteiger partial charge in [0.1, 0.15) is 5.75 Å². The lowest BCUT2D eigenvalue weighted by atomic mass is 10.1. The molecular weight excluding hydrogens is 280 g/mol. The normalized spacial score (nSPS) is 10.5. The summed E-state index contributed by atoms with van der Waals surface area (Å²) < 4.78 is 21.4. The van der Waals surface area contributed by atoms with Crippen molar-refractivity contribution >= 4 is 12.2 Å². The molecule has 0 N–H and O–H groups in total. The SMILES string of the molecule is COc1ccccc1C=Cc1cc(OC)c(OC)c(OC)c1. The molecule has 4 nitrogen and oxygen atoms in total. The minimum absolute atomic E-state index is 0.583. The van der Waals surface area contributed by atoms with E-state index in [9.17, 15) is 0 Å². The highest BCUT2D eigenvalue weighted by molar-refractivity contribution is 5.74. The second-order valence-corrected chi connectivity index (χ2v) is 4.53. The Morgan fingerprint density at radius 3 is 1.82 bits per heavy atom. The van der Waals surface area contributed by atoms with Gasteiger partial charge >= 0.3 is 0 Å². The summed E-state index contributed by atoms with van der Waals surface area (Å²) in [5.41, 5.74) is 1.94. The van der Waals surface area contributed by atoms with E-state index < -0.39 is 0 Å². The number of rotatable bonds is 6. The largest absolute Gasteiger partial charge is 0.496 e. The quantitative estimate of drug-likeness (QED) is 0.758. The first kappa shape index (κ1) is 15.8. The molecule has 0 aromatic heterocycles. The van der Waals surface area contributed by atoms with Gasteiger partial charge in [0.2, 0.25) is 5.75 Å². The third-order valence-corrected chi connectivity index (χ3v) is 3.28. The van der Waals surface area contributed by atoms with Crippen molar-refractivity contribution in [3.8, 4) is 23.0 Å². The van der Waals surface area contributed by atoms with Crippen LogP contribution >= 0.6 is 0 Å². The fraction of sp³-hybridized carbons (Fsp3) is 0.222. The predicted molar refractivity (Wildman–Crippen MR) is 88.0 cm³/mol. The molecular formula is C18H20O4. The standard InChI is InChI=1S/C18H20O4/c1-19-15-8-6-5-7-14(15)10-9-13-11-16(20-2)18(22-4)17(12-13)21-3/h5-12H,1-4H3. The van der Waals surface area contributed by atoms with Crippen molar-refractivity contribution in [3.05, 3.63) is 47.5 Å². The first-order valence-electron chi connectivity index (χ1n) is 6.84. The Morgan fingerprint density at radius 2 is 1.27 bits per heavy atom. The zero-order valence-electron chi connectivity index (χ0n) is 13.3. The average molecular weight is 300 g/mol. The molecule has 0 bridgehead atoms. The molecule has 2 aromatic rings. The lowest BCUT2D eigenvalue weighted by Gasteiger charge is -2.13. The second-order valence-electron chi connectivity index (χ2n) is 4.53. The van der Waals surface area contributed by atoms with Gasteiger partial charge in [0, 0.05) is 5.56 Å². The van der Waals surface area contributed by atoms with E-state index in [1.54, 1.807) is 28.4 Å². The van der Waals surface area contributed by atoms with Crippen molar-refractivity contribution in [2.75, 3.05) is 28.4 Å². The van der Waals surface area contributed by atoms with Gasteiger partial charge in [-0.05, 0) is 23.8 Å². The molecule has 0 radical (unpaired) electrons. The summed E-state index contributed by atoms with van der Waals surface area (Å²) in [6, 6.07) is 11.6. The topological polar surface area (TPSA) is 36.9 Å². The van der Waals surface area contributed by atoms with Crippen molar-refractivity contribution < 1.29 is 18.9 Å². The number of benzene rings is 2. The Kier molecular flexibility index (Phi) is 5.31. The van der Waals surface area contributed by atoms with Gasteiger partial charge in [-0.25, -0.2) is 0 Å². The van der Waals surface area contributed by atoms with Crippen molar-refractivity contribution in [1.29, 1.82) is 0 Å². The molecule has 0 unspecified atom stereocenters. The maximum absolute atomic E-state index is 5.35. The summed E-state index contributed by atoms with van der Waals surface area (Å²) in [7, 11) is 6.45. The van der Waals surface area contributed by atoms with Crippen LogP contribution in [0.4, 0.5) is 0 Å². The summed E-state index contributed by atoms with van der Waals surface area (Å²) >= 11 is 0. The van der Waals surface area contributed by atoms with Gasteiger partial charge in [0.25, 0.3) is 0 Å². The van der Waals surface area contributed by atoms with E-state index in [4.69, 9.17) is 18.9 Å². The van der Waals surface area contributed by atoms with E-state index in [1.807, 2.05) is 48.6 Å². The van der Waals surface area contributed by atoms with Gasteiger partial charge in [-0.2, -0.15) is 0 Å². The van der Waals surface area contributed by atoms with Crippen LogP contribution < -0.4 is 18.9 Å². The van der Waals surface area contributed by atoms with Crippen LogP contribution in [0.1, 0.15) is 11.1 Å². The molecule has 2 aromatic carbocycles. The number of ether oxygens (including phenoxy) is 4. The molecule has 2 rings (SSSR count). The summed E-state index contributed by atoms with van der Waals surface area (Å²) in [5.74, 6) is 2.66. The van der Waals surface area contributed by atoms with Crippen LogP contribution in [-0.2, 0) is 0 Å². The van der Waals surface area contributed by atoms with Crippen LogP contribution in [0.25, 0.3) is 12.2 Å². The Labute approximate surface area is 130 Å². The molecule has 0 aliphatic rings. The van der Waals surface area contributed by atoms with Gasteiger partial charge in [0.05, 0.1) is 28.4 Å². The Bertz CT molecular complexity index is 637. The highest BCUT2D eigenvalue weighted by Gasteiger charge is 2.12. The first-order valence-corrected chi connectivity index (χ1v) is 6.84. The molecule has 0 atom stereocenters. The van der Waals surface area contributed by atoms with E-state index in [0.29, 0.717) is 17.2 Å². The molecule has 4 heteroatoms. The molecule has 0 aliphatic heterocycles. The Balaban J connectivity index is 2.39.